The van der Waals surface area contributed by atoms with E-state index in [0.717, 1.165) is 11.3 Å². The summed E-state index contributed by atoms with van der Waals surface area (Å²) in [7, 11) is 1.84. The monoisotopic (exact) mass is 183 g/mol. The molecular formula is C9H17N3O. The van der Waals surface area contributed by atoms with Crippen LogP contribution in [0.25, 0.3) is 0 Å². The molecule has 1 aromatic heterocycles. The average molecular weight is 183 g/mol. The topological polar surface area (TPSA) is 64.1 Å². The van der Waals surface area contributed by atoms with Crippen LogP contribution in [-0.2, 0) is 7.05 Å². The van der Waals surface area contributed by atoms with Gasteiger partial charge in [-0.15, -0.1) is 0 Å². The zero-order chi connectivity index (χ0) is 10.2. The average Bonchev–Trinajstić information content (AvgIpc) is 2.30. The quantitative estimate of drug-likeness (QED) is 0.701. The first-order valence-corrected chi connectivity index (χ1v) is 4.29. The van der Waals surface area contributed by atoms with E-state index in [1.165, 1.54) is 0 Å². The highest BCUT2D eigenvalue weighted by Crippen LogP contribution is 2.25. The first-order chi connectivity index (χ1) is 5.84. The number of hydrogen-bond acceptors (Lipinski definition) is 3. The summed E-state index contributed by atoms with van der Waals surface area (Å²) in [5.41, 5.74) is 6.92. The number of rotatable bonds is 2. The summed E-state index contributed by atoms with van der Waals surface area (Å²) in [5, 5.41) is 13.9. The van der Waals surface area contributed by atoms with Crippen LogP contribution < -0.4 is 5.73 Å². The van der Waals surface area contributed by atoms with Crippen molar-refractivity contribution in [2.24, 2.45) is 12.8 Å². The third kappa shape index (κ3) is 1.89. The van der Waals surface area contributed by atoms with Crippen molar-refractivity contribution >= 4 is 0 Å². The van der Waals surface area contributed by atoms with Gasteiger partial charge in [0.25, 0.3) is 0 Å². The number of aliphatic hydroxyl groups is 1. The van der Waals surface area contributed by atoms with E-state index < -0.39 is 11.6 Å². The number of aromatic nitrogens is 2. The number of aryl methyl sites for hydroxylation is 1. The van der Waals surface area contributed by atoms with Crippen LogP contribution in [0.3, 0.4) is 0 Å². The largest absolute Gasteiger partial charge is 0.386 e. The summed E-state index contributed by atoms with van der Waals surface area (Å²) in [4.78, 5) is 0. The molecule has 1 unspecified atom stereocenters. The Morgan fingerprint density at radius 1 is 1.62 bits per heavy atom. The molecule has 0 fully saturated rings. The molecule has 0 saturated carbocycles. The van der Waals surface area contributed by atoms with E-state index in [0.29, 0.717) is 0 Å². The van der Waals surface area contributed by atoms with Crippen LogP contribution in [0, 0.1) is 6.92 Å². The van der Waals surface area contributed by atoms with E-state index in [2.05, 4.69) is 5.10 Å². The Morgan fingerprint density at radius 3 is 2.46 bits per heavy atom. The van der Waals surface area contributed by atoms with Crippen molar-refractivity contribution in [3.63, 3.8) is 0 Å². The second-order valence-electron chi connectivity index (χ2n) is 4.03. The zero-order valence-electron chi connectivity index (χ0n) is 8.57. The minimum atomic E-state index is -0.666. The second kappa shape index (κ2) is 3.12. The van der Waals surface area contributed by atoms with Crippen molar-refractivity contribution in [1.82, 2.24) is 9.78 Å². The molecule has 1 aromatic rings. The first kappa shape index (κ1) is 10.2. The maximum atomic E-state index is 9.87. The van der Waals surface area contributed by atoms with Crippen LogP contribution in [0.5, 0.6) is 0 Å². The summed E-state index contributed by atoms with van der Waals surface area (Å²) < 4.78 is 1.73. The third-order valence-electron chi connectivity index (χ3n) is 2.27. The first-order valence-electron chi connectivity index (χ1n) is 4.29. The van der Waals surface area contributed by atoms with Gasteiger partial charge < -0.3 is 10.8 Å². The van der Waals surface area contributed by atoms with E-state index in [9.17, 15) is 5.11 Å². The second-order valence-corrected chi connectivity index (χ2v) is 4.03. The summed E-state index contributed by atoms with van der Waals surface area (Å²) in [6, 6.07) is 0. The van der Waals surface area contributed by atoms with Crippen molar-refractivity contribution in [2.75, 3.05) is 0 Å². The Balaban J connectivity index is 3.02. The Bertz CT molecular complexity index is 298. The molecular weight excluding hydrogens is 166 g/mol. The number of nitrogens with two attached hydrogens (primary N) is 1. The molecule has 0 bridgehead atoms. The van der Waals surface area contributed by atoms with Gasteiger partial charge in [-0.05, 0) is 20.8 Å². The van der Waals surface area contributed by atoms with Gasteiger partial charge in [0.1, 0.15) is 0 Å². The van der Waals surface area contributed by atoms with Crippen LogP contribution in [-0.4, -0.2) is 20.4 Å². The molecule has 0 aliphatic heterocycles. The Labute approximate surface area is 78.4 Å². The fourth-order valence-electron chi connectivity index (χ4n) is 1.18. The minimum absolute atomic E-state index is 0.631. The maximum absolute atomic E-state index is 9.87. The molecule has 4 heteroatoms. The van der Waals surface area contributed by atoms with Gasteiger partial charge in [-0.2, -0.15) is 5.10 Å². The molecule has 1 rings (SSSR count). The fourth-order valence-corrected chi connectivity index (χ4v) is 1.18. The number of nitrogens with zero attached hydrogens (tertiary/aromatic N) is 2. The Kier molecular flexibility index (Phi) is 2.45. The van der Waals surface area contributed by atoms with Gasteiger partial charge in [0, 0.05) is 23.8 Å². The molecule has 0 aromatic carbocycles. The summed E-state index contributed by atoms with van der Waals surface area (Å²) >= 11 is 0. The van der Waals surface area contributed by atoms with Gasteiger partial charge >= 0.3 is 0 Å². The predicted molar refractivity (Wildman–Crippen MR) is 51.2 cm³/mol. The lowest BCUT2D eigenvalue weighted by atomic mass is 9.93. The SMILES string of the molecule is Cc1c(C(O)C(C)(C)N)cnn1C. The highest BCUT2D eigenvalue weighted by molar-refractivity contribution is 5.21. The van der Waals surface area contributed by atoms with E-state index in [1.54, 1.807) is 24.7 Å². The fraction of sp³-hybridized carbons (Fsp3) is 0.667. The zero-order valence-corrected chi connectivity index (χ0v) is 8.57. The standard InChI is InChI=1S/C9H17N3O/c1-6-7(5-11-12(6)4)8(13)9(2,3)10/h5,8,13H,10H2,1-4H3. The highest BCUT2D eigenvalue weighted by atomic mass is 16.3. The molecule has 0 amide bonds. The van der Waals surface area contributed by atoms with Crippen LogP contribution >= 0.6 is 0 Å². The van der Waals surface area contributed by atoms with Crippen LogP contribution in [0.1, 0.15) is 31.2 Å². The molecule has 74 valence electrons. The van der Waals surface area contributed by atoms with E-state index in [4.69, 9.17) is 5.73 Å². The van der Waals surface area contributed by atoms with Crippen molar-refractivity contribution in [3.8, 4) is 0 Å². The van der Waals surface area contributed by atoms with Crippen LogP contribution in [0.4, 0.5) is 0 Å². The summed E-state index contributed by atoms with van der Waals surface area (Å²) in [6.45, 7) is 5.51. The molecule has 4 nitrogen and oxygen atoms in total. The highest BCUT2D eigenvalue weighted by Gasteiger charge is 2.27. The Morgan fingerprint density at radius 2 is 2.15 bits per heavy atom. The summed E-state index contributed by atoms with van der Waals surface area (Å²) in [6.07, 6.45) is 0.996. The molecule has 0 spiro atoms. The molecule has 0 aliphatic rings. The Hall–Kier alpha value is -0.870. The smallest absolute Gasteiger partial charge is 0.0996 e. The van der Waals surface area contributed by atoms with Gasteiger partial charge in [-0.25, -0.2) is 0 Å². The van der Waals surface area contributed by atoms with Crippen LogP contribution in [0.15, 0.2) is 6.20 Å². The third-order valence-corrected chi connectivity index (χ3v) is 2.27. The molecule has 1 atom stereocenters. The van der Waals surface area contributed by atoms with E-state index in [1.807, 2.05) is 14.0 Å². The molecule has 0 radical (unpaired) electrons. The van der Waals surface area contributed by atoms with Gasteiger partial charge in [0.15, 0.2) is 0 Å². The van der Waals surface area contributed by atoms with Gasteiger partial charge in [0.2, 0.25) is 0 Å². The molecule has 0 aliphatic carbocycles. The van der Waals surface area contributed by atoms with Crippen molar-refractivity contribution in [1.29, 1.82) is 0 Å². The van der Waals surface area contributed by atoms with Crippen molar-refractivity contribution < 1.29 is 5.11 Å². The van der Waals surface area contributed by atoms with Crippen molar-refractivity contribution in [2.45, 2.75) is 32.4 Å². The van der Waals surface area contributed by atoms with Gasteiger partial charge in [-0.1, -0.05) is 0 Å². The van der Waals surface area contributed by atoms with Crippen LogP contribution in [0.2, 0.25) is 0 Å². The molecule has 3 N–H and O–H groups in total. The number of hydrogen-bond donors (Lipinski definition) is 2. The predicted octanol–water partition coefficient (Wildman–Crippen LogP) is 0.499. The molecule has 1 heterocycles. The lowest BCUT2D eigenvalue weighted by molar-refractivity contribution is 0.104. The van der Waals surface area contributed by atoms with E-state index in [-0.39, 0.29) is 0 Å². The van der Waals surface area contributed by atoms with Gasteiger partial charge in [0.05, 0.1) is 12.3 Å². The van der Waals surface area contributed by atoms with E-state index >= 15 is 0 Å². The normalized spacial score (nSPS) is 14.6. The molecule has 0 saturated heterocycles. The lowest BCUT2D eigenvalue weighted by Gasteiger charge is -2.25. The lowest BCUT2D eigenvalue weighted by Crippen LogP contribution is -2.39. The van der Waals surface area contributed by atoms with Gasteiger partial charge in [-0.3, -0.25) is 4.68 Å². The van der Waals surface area contributed by atoms with Crippen molar-refractivity contribution in [3.05, 3.63) is 17.5 Å². The maximum Gasteiger partial charge on any atom is 0.0996 e. The number of aliphatic hydroxyl groups excluding tert-OH is 1. The minimum Gasteiger partial charge on any atom is -0.386 e. The molecule has 13 heavy (non-hydrogen) atoms. The summed E-state index contributed by atoms with van der Waals surface area (Å²) in [5.74, 6) is 0.